The maximum Gasteiger partial charge on any atom is 0.417 e. The van der Waals surface area contributed by atoms with E-state index in [1.165, 1.54) is 31.2 Å². The van der Waals surface area contributed by atoms with Gasteiger partial charge in [-0.1, -0.05) is 35.9 Å². The second-order valence-corrected chi connectivity index (χ2v) is 3.92. The van der Waals surface area contributed by atoms with Crippen LogP contribution in [0.15, 0.2) is 24.3 Å². The quantitative estimate of drug-likeness (QED) is 0.900. The first-order valence-corrected chi connectivity index (χ1v) is 5.47. The van der Waals surface area contributed by atoms with Gasteiger partial charge < -0.3 is 5.32 Å². The summed E-state index contributed by atoms with van der Waals surface area (Å²) in [5, 5.41) is 2.15. The van der Waals surface area contributed by atoms with Crippen molar-refractivity contribution in [2.75, 3.05) is 6.54 Å². The summed E-state index contributed by atoms with van der Waals surface area (Å²) in [6.07, 6.45) is -1.51. The van der Waals surface area contributed by atoms with E-state index in [9.17, 15) is 18.0 Å². The molecule has 0 aliphatic heterocycles. The van der Waals surface area contributed by atoms with Crippen molar-refractivity contribution in [3.05, 3.63) is 40.4 Å². The zero-order chi connectivity index (χ0) is 13.8. The molecule has 1 aromatic carbocycles. The lowest BCUT2D eigenvalue weighted by Crippen LogP contribution is -2.19. The Morgan fingerprint density at radius 2 is 2.11 bits per heavy atom. The first kappa shape index (κ1) is 14.6. The molecule has 0 aliphatic carbocycles. The fourth-order valence-corrected chi connectivity index (χ4v) is 1.58. The molecular weight excluding hydrogens is 267 g/mol. The van der Waals surface area contributed by atoms with Gasteiger partial charge in [0.05, 0.1) is 10.6 Å². The summed E-state index contributed by atoms with van der Waals surface area (Å²) < 4.78 is 37.7. The van der Waals surface area contributed by atoms with Gasteiger partial charge in [-0.3, -0.25) is 4.79 Å². The molecule has 2 nitrogen and oxygen atoms in total. The molecule has 1 amide bonds. The van der Waals surface area contributed by atoms with Crippen LogP contribution in [0.2, 0.25) is 5.02 Å². The van der Waals surface area contributed by atoms with Gasteiger partial charge in [-0.25, -0.2) is 0 Å². The van der Waals surface area contributed by atoms with Crippen molar-refractivity contribution in [2.45, 2.75) is 13.1 Å². The predicted octanol–water partition coefficient (Wildman–Crippen LogP) is 3.51. The summed E-state index contributed by atoms with van der Waals surface area (Å²) in [7, 11) is 0. The molecule has 0 atom stereocenters. The van der Waals surface area contributed by atoms with Gasteiger partial charge in [0.1, 0.15) is 0 Å². The Labute approximate surface area is 107 Å². The highest BCUT2D eigenvalue weighted by Gasteiger charge is 2.33. The lowest BCUT2D eigenvalue weighted by atomic mass is 10.1. The SMILES string of the molecule is CC(=O)NCC=Cc1cccc(C(F)(F)F)c1Cl. The van der Waals surface area contributed by atoms with Crippen molar-refractivity contribution in [1.82, 2.24) is 5.32 Å². The molecule has 1 aromatic rings. The number of alkyl halides is 3. The molecule has 0 aromatic heterocycles. The van der Waals surface area contributed by atoms with E-state index in [0.717, 1.165) is 6.07 Å². The fraction of sp³-hybridized carbons (Fsp3) is 0.250. The fourth-order valence-electron chi connectivity index (χ4n) is 1.29. The summed E-state index contributed by atoms with van der Waals surface area (Å²) in [6, 6.07) is 3.68. The molecule has 0 saturated carbocycles. The average Bonchev–Trinajstić information content (AvgIpc) is 2.24. The molecule has 0 fully saturated rings. The molecule has 0 aliphatic rings. The number of nitrogens with one attached hydrogen (secondary N) is 1. The lowest BCUT2D eigenvalue weighted by Gasteiger charge is -2.10. The predicted molar refractivity (Wildman–Crippen MR) is 64.2 cm³/mol. The van der Waals surface area contributed by atoms with Crippen LogP contribution in [0.3, 0.4) is 0 Å². The zero-order valence-corrected chi connectivity index (χ0v) is 10.3. The largest absolute Gasteiger partial charge is 0.417 e. The van der Waals surface area contributed by atoms with Crippen LogP contribution in [0.4, 0.5) is 13.2 Å². The van der Waals surface area contributed by atoms with E-state index in [2.05, 4.69) is 5.32 Å². The van der Waals surface area contributed by atoms with Crippen molar-refractivity contribution >= 4 is 23.6 Å². The van der Waals surface area contributed by atoms with E-state index in [4.69, 9.17) is 11.6 Å². The Morgan fingerprint density at radius 3 is 2.67 bits per heavy atom. The maximum atomic E-state index is 12.6. The minimum absolute atomic E-state index is 0.213. The van der Waals surface area contributed by atoms with Crippen LogP contribution in [-0.4, -0.2) is 12.5 Å². The number of hydrogen-bond donors (Lipinski definition) is 1. The van der Waals surface area contributed by atoms with Crippen molar-refractivity contribution in [2.24, 2.45) is 0 Å². The van der Waals surface area contributed by atoms with Gasteiger partial charge in [-0.15, -0.1) is 0 Å². The molecule has 1 N–H and O–H groups in total. The highest BCUT2D eigenvalue weighted by atomic mass is 35.5. The van der Waals surface area contributed by atoms with Crippen molar-refractivity contribution < 1.29 is 18.0 Å². The third kappa shape index (κ3) is 4.07. The molecule has 0 bridgehead atoms. The Balaban J connectivity index is 2.88. The van der Waals surface area contributed by atoms with Crippen LogP contribution in [-0.2, 0) is 11.0 Å². The number of carbonyl (C=O) groups excluding carboxylic acids is 1. The Kier molecular flexibility index (Phi) is 4.78. The number of halogens is 4. The Hall–Kier alpha value is -1.49. The van der Waals surface area contributed by atoms with Crippen LogP contribution in [0.5, 0.6) is 0 Å². The Morgan fingerprint density at radius 1 is 1.44 bits per heavy atom. The van der Waals surface area contributed by atoms with Crippen LogP contribution in [0.1, 0.15) is 18.1 Å². The third-order valence-corrected chi connectivity index (χ3v) is 2.52. The van der Waals surface area contributed by atoms with E-state index in [0.29, 0.717) is 0 Å². The summed E-state index contributed by atoms with van der Waals surface area (Å²) in [6.45, 7) is 1.59. The van der Waals surface area contributed by atoms with E-state index in [-0.39, 0.29) is 23.0 Å². The number of benzene rings is 1. The van der Waals surface area contributed by atoms with Crippen LogP contribution in [0, 0.1) is 0 Å². The minimum atomic E-state index is -4.47. The molecule has 0 spiro atoms. The summed E-state index contributed by atoms with van der Waals surface area (Å²) >= 11 is 5.68. The first-order chi connectivity index (χ1) is 8.32. The monoisotopic (exact) mass is 277 g/mol. The van der Waals surface area contributed by atoms with Gasteiger partial charge in [-0.2, -0.15) is 13.2 Å². The first-order valence-electron chi connectivity index (χ1n) is 5.09. The van der Waals surface area contributed by atoms with E-state index < -0.39 is 11.7 Å². The number of hydrogen-bond acceptors (Lipinski definition) is 1. The Bertz CT molecular complexity index is 469. The van der Waals surface area contributed by atoms with Crippen molar-refractivity contribution in [1.29, 1.82) is 0 Å². The maximum absolute atomic E-state index is 12.6. The summed E-state index contributed by atoms with van der Waals surface area (Å²) in [5.74, 6) is -0.213. The number of rotatable bonds is 3. The molecule has 6 heteroatoms. The molecular formula is C12H11ClF3NO. The molecule has 0 saturated heterocycles. The van der Waals surface area contributed by atoms with E-state index in [1.54, 1.807) is 0 Å². The van der Waals surface area contributed by atoms with Crippen LogP contribution in [0.25, 0.3) is 6.08 Å². The minimum Gasteiger partial charge on any atom is -0.353 e. The second kappa shape index (κ2) is 5.91. The zero-order valence-electron chi connectivity index (χ0n) is 9.51. The van der Waals surface area contributed by atoms with Gasteiger partial charge in [0.25, 0.3) is 0 Å². The topological polar surface area (TPSA) is 29.1 Å². The highest BCUT2D eigenvalue weighted by Crippen LogP contribution is 2.36. The normalized spacial score (nSPS) is 11.8. The molecule has 1 rings (SSSR count). The van der Waals surface area contributed by atoms with Gasteiger partial charge >= 0.3 is 6.18 Å². The lowest BCUT2D eigenvalue weighted by molar-refractivity contribution is -0.137. The standard InChI is InChI=1S/C12H11ClF3NO/c1-8(18)17-7-3-5-9-4-2-6-10(11(9)13)12(14,15)16/h2-6H,7H2,1H3,(H,17,18). The molecule has 0 unspecified atom stereocenters. The molecule has 98 valence electrons. The third-order valence-electron chi connectivity index (χ3n) is 2.10. The number of amides is 1. The molecule has 0 heterocycles. The number of carbonyl (C=O) groups is 1. The van der Waals surface area contributed by atoms with Gasteiger partial charge in [0, 0.05) is 13.5 Å². The average molecular weight is 278 g/mol. The van der Waals surface area contributed by atoms with Crippen LogP contribution < -0.4 is 5.32 Å². The van der Waals surface area contributed by atoms with E-state index >= 15 is 0 Å². The molecule has 18 heavy (non-hydrogen) atoms. The van der Waals surface area contributed by atoms with Gasteiger partial charge in [0.2, 0.25) is 5.91 Å². The summed E-state index contributed by atoms with van der Waals surface area (Å²) in [4.78, 5) is 10.6. The highest BCUT2D eigenvalue weighted by molar-refractivity contribution is 6.32. The smallest absolute Gasteiger partial charge is 0.353 e. The molecule has 0 radical (unpaired) electrons. The van der Waals surface area contributed by atoms with Crippen molar-refractivity contribution in [3.8, 4) is 0 Å². The van der Waals surface area contributed by atoms with E-state index in [1.807, 2.05) is 0 Å². The second-order valence-electron chi connectivity index (χ2n) is 3.55. The summed E-state index contributed by atoms with van der Waals surface area (Å²) in [5.41, 5.74) is -0.609. The van der Waals surface area contributed by atoms with Gasteiger partial charge in [0.15, 0.2) is 0 Å². The van der Waals surface area contributed by atoms with Crippen LogP contribution >= 0.6 is 11.6 Å². The van der Waals surface area contributed by atoms with Gasteiger partial charge in [-0.05, 0) is 11.6 Å². The van der Waals surface area contributed by atoms with Crippen molar-refractivity contribution in [3.63, 3.8) is 0 Å².